The Morgan fingerprint density at radius 1 is 0.759 bits per heavy atom. The second kappa shape index (κ2) is 36.2. The average molecular weight is 1120 g/mol. The molecule has 0 unspecified atom stereocenters. The predicted molar refractivity (Wildman–Crippen MR) is 299 cm³/mol. The largest absolute Gasteiger partial charge is 0.458 e. The summed E-state index contributed by atoms with van der Waals surface area (Å²) in [6.07, 6.45) is 1.81. The molecule has 0 radical (unpaired) electrons. The number of likely N-dealkylation sites (tertiary alicyclic amines) is 2. The van der Waals surface area contributed by atoms with Crippen LogP contribution in [-0.4, -0.2) is 218 Å². The Bertz CT molecular complexity index is 1960. The van der Waals surface area contributed by atoms with Crippen molar-refractivity contribution in [2.24, 2.45) is 23.5 Å². The molecule has 2 aliphatic heterocycles. The van der Waals surface area contributed by atoms with Gasteiger partial charge in [0.1, 0.15) is 23.2 Å². The van der Waals surface area contributed by atoms with E-state index in [0.29, 0.717) is 118 Å². The van der Waals surface area contributed by atoms with E-state index in [4.69, 9.17) is 48.4 Å². The molecule has 0 aromatic heterocycles. The first-order valence-corrected chi connectivity index (χ1v) is 28.6. The molecule has 452 valence electrons. The van der Waals surface area contributed by atoms with Gasteiger partial charge in [0, 0.05) is 47.3 Å². The van der Waals surface area contributed by atoms with Gasteiger partial charge in [0.05, 0.1) is 122 Å². The summed E-state index contributed by atoms with van der Waals surface area (Å²) in [6.45, 7) is 22.8. The van der Waals surface area contributed by atoms with Crippen LogP contribution < -0.4 is 16.4 Å². The Morgan fingerprint density at radius 3 is 1.82 bits per heavy atom. The first kappa shape index (κ1) is 69.0. The minimum atomic E-state index is -1.19. The van der Waals surface area contributed by atoms with E-state index in [-0.39, 0.29) is 62.0 Å². The number of esters is 1. The predicted octanol–water partition coefficient (Wildman–Crippen LogP) is 3.95. The average Bonchev–Trinajstić information content (AvgIpc) is 4.14. The van der Waals surface area contributed by atoms with Crippen molar-refractivity contribution in [3.8, 4) is 0 Å². The number of nitrogens with one attached hydrogen (secondary N) is 2. The number of methoxy groups -OCH3 is 2. The molecule has 3 rings (SSSR count). The Labute approximate surface area is 471 Å². The standard InChI is InChI=1S/C58H100N6O15/c1-13-42(4)51(47(71-11)40-49(66)63-25-17-21-46(63)52(72-12)43(5)53(67)60-45(55(69)79-57(6,7)8)39-44-19-15-14-16-20-44)62(10)54(68)50(41(2)3)61-56(70)58(9)23-18-26-64(58)48(65)22-27-73-29-31-75-33-35-77-37-38-78-36-34-76-32-30-74-28-24-59/h14-16,19-20,41-43,45-47,50-52H,13,17-18,21-40,59H2,1-12H3,(H,60,67)(H,61,70)/t42-,43+,45-,46-,47+,50-,51-,52+,58-/m0/s1. The quantitative estimate of drug-likeness (QED) is 0.0624. The number of ether oxygens (including phenoxy) is 9. The molecule has 2 saturated heterocycles. The molecule has 0 bridgehead atoms. The van der Waals surface area contributed by atoms with Crippen molar-refractivity contribution in [3.05, 3.63) is 35.9 Å². The zero-order valence-electron chi connectivity index (χ0n) is 49.9. The van der Waals surface area contributed by atoms with E-state index in [0.717, 1.165) is 5.56 Å². The van der Waals surface area contributed by atoms with E-state index in [9.17, 15) is 28.8 Å². The second-order valence-corrected chi connectivity index (χ2v) is 22.2. The van der Waals surface area contributed by atoms with Crippen LogP contribution in [0.25, 0.3) is 0 Å². The van der Waals surface area contributed by atoms with E-state index in [1.165, 1.54) is 14.2 Å². The van der Waals surface area contributed by atoms with Gasteiger partial charge >= 0.3 is 5.97 Å². The van der Waals surface area contributed by atoms with Gasteiger partial charge in [-0.3, -0.25) is 24.0 Å². The van der Waals surface area contributed by atoms with Gasteiger partial charge in [0.15, 0.2) is 0 Å². The monoisotopic (exact) mass is 1120 g/mol. The Hall–Kier alpha value is -4.32. The minimum absolute atomic E-state index is 0.0592. The summed E-state index contributed by atoms with van der Waals surface area (Å²) in [5.74, 6) is -3.34. The molecular formula is C58H100N6O15. The lowest BCUT2D eigenvalue weighted by Gasteiger charge is -2.41. The van der Waals surface area contributed by atoms with Gasteiger partial charge in [-0.1, -0.05) is 71.4 Å². The lowest BCUT2D eigenvalue weighted by Crippen LogP contribution is -2.62. The smallest absolute Gasteiger partial charge is 0.329 e. The number of nitrogens with zero attached hydrogens (tertiary/aromatic N) is 3. The summed E-state index contributed by atoms with van der Waals surface area (Å²) in [5.41, 5.74) is 4.28. The summed E-state index contributed by atoms with van der Waals surface area (Å²) < 4.78 is 50.8. The number of carbonyl (C=O) groups excluding carboxylic acids is 6. The number of hydrogen-bond acceptors (Lipinski definition) is 16. The van der Waals surface area contributed by atoms with Crippen molar-refractivity contribution in [3.63, 3.8) is 0 Å². The molecule has 0 saturated carbocycles. The maximum absolute atomic E-state index is 14.7. The Kier molecular flexibility index (Phi) is 31.6. The van der Waals surface area contributed by atoms with Gasteiger partial charge < -0.3 is 73.7 Å². The summed E-state index contributed by atoms with van der Waals surface area (Å²) in [5, 5.41) is 5.98. The molecule has 9 atom stereocenters. The Balaban J connectivity index is 1.57. The van der Waals surface area contributed by atoms with Crippen molar-refractivity contribution in [2.45, 2.75) is 161 Å². The van der Waals surface area contributed by atoms with Gasteiger partial charge in [-0.2, -0.15) is 0 Å². The van der Waals surface area contributed by atoms with Crippen LogP contribution in [0, 0.1) is 17.8 Å². The third kappa shape index (κ3) is 22.9. The van der Waals surface area contributed by atoms with E-state index in [1.54, 1.807) is 56.4 Å². The van der Waals surface area contributed by atoms with Gasteiger partial charge in [-0.25, -0.2) is 4.79 Å². The number of rotatable bonds is 39. The van der Waals surface area contributed by atoms with E-state index in [2.05, 4.69) is 10.6 Å². The highest BCUT2D eigenvalue weighted by molar-refractivity contribution is 5.95. The number of benzene rings is 1. The molecule has 2 aliphatic rings. The Morgan fingerprint density at radius 2 is 1.32 bits per heavy atom. The van der Waals surface area contributed by atoms with Crippen LogP contribution in [0.2, 0.25) is 0 Å². The zero-order valence-corrected chi connectivity index (χ0v) is 49.9. The van der Waals surface area contributed by atoms with Crippen LogP contribution in [0.3, 0.4) is 0 Å². The van der Waals surface area contributed by atoms with Gasteiger partial charge in [0.2, 0.25) is 29.5 Å². The van der Waals surface area contributed by atoms with Crippen molar-refractivity contribution in [1.29, 1.82) is 0 Å². The SMILES string of the molecule is CC[C@H](C)[C@@H]([C@@H](CC(=O)N1CCC[C@H]1[C@H](OC)[C@@H](C)C(=O)N[C@@H](Cc1ccccc1)C(=O)OC(C)(C)C)OC)N(C)C(=O)[C@@H](NC(=O)[C@]1(C)CCCN1C(=O)CCOCCOCCOCCOCCOCCOCCN)C(C)C. The van der Waals surface area contributed by atoms with E-state index < -0.39 is 71.2 Å². The van der Waals surface area contributed by atoms with Crippen LogP contribution in [0.5, 0.6) is 0 Å². The summed E-state index contributed by atoms with van der Waals surface area (Å²) in [4.78, 5) is 89.7. The van der Waals surface area contributed by atoms with Crippen LogP contribution in [0.4, 0.5) is 0 Å². The number of carbonyl (C=O) groups is 6. The van der Waals surface area contributed by atoms with E-state index in [1.807, 2.05) is 58.0 Å². The fourth-order valence-corrected chi connectivity index (χ4v) is 10.2. The van der Waals surface area contributed by atoms with E-state index >= 15 is 0 Å². The molecule has 0 spiro atoms. The van der Waals surface area contributed by atoms with Crippen LogP contribution in [-0.2, 0) is 77.8 Å². The van der Waals surface area contributed by atoms with Crippen molar-refractivity contribution in [1.82, 2.24) is 25.3 Å². The third-order valence-electron chi connectivity index (χ3n) is 14.8. The molecule has 1 aromatic carbocycles. The normalized spacial score (nSPS) is 19.3. The fourth-order valence-electron chi connectivity index (χ4n) is 10.2. The van der Waals surface area contributed by atoms with Gasteiger partial charge in [-0.05, 0) is 70.8 Å². The van der Waals surface area contributed by atoms with Crippen LogP contribution >= 0.6 is 0 Å². The molecule has 5 amide bonds. The molecule has 2 fully saturated rings. The van der Waals surface area contributed by atoms with Gasteiger partial charge in [-0.15, -0.1) is 0 Å². The fraction of sp³-hybridized carbons (Fsp3) is 0.793. The van der Waals surface area contributed by atoms with Gasteiger partial charge in [0.25, 0.3) is 0 Å². The molecule has 79 heavy (non-hydrogen) atoms. The molecule has 1 aromatic rings. The van der Waals surface area contributed by atoms with Crippen molar-refractivity contribution >= 4 is 35.5 Å². The lowest BCUT2D eigenvalue weighted by atomic mass is 9.89. The number of amides is 5. The molecular weight excluding hydrogens is 1020 g/mol. The van der Waals surface area contributed by atoms with Crippen molar-refractivity contribution in [2.75, 3.05) is 120 Å². The maximum atomic E-state index is 14.7. The highest BCUT2D eigenvalue weighted by Crippen LogP contribution is 2.32. The third-order valence-corrected chi connectivity index (χ3v) is 14.8. The lowest BCUT2D eigenvalue weighted by molar-refractivity contribution is -0.159. The minimum Gasteiger partial charge on any atom is -0.458 e. The zero-order chi connectivity index (χ0) is 58.5. The highest BCUT2D eigenvalue weighted by Gasteiger charge is 2.48. The number of nitrogens with two attached hydrogens (primary N) is 1. The first-order valence-electron chi connectivity index (χ1n) is 28.6. The molecule has 0 aliphatic carbocycles. The summed E-state index contributed by atoms with van der Waals surface area (Å²) in [6, 6.07) is 6.48. The summed E-state index contributed by atoms with van der Waals surface area (Å²) in [7, 11) is 4.74. The topological polar surface area (TPSA) is 245 Å². The maximum Gasteiger partial charge on any atom is 0.329 e. The van der Waals surface area contributed by atoms with Crippen molar-refractivity contribution < 1.29 is 71.4 Å². The molecule has 2 heterocycles. The van der Waals surface area contributed by atoms with Crippen LogP contribution in [0.1, 0.15) is 113 Å². The molecule has 4 N–H and O–H groups in total. The first-order chi connectivity index (χ1) is 37.6. The number of hydrogen-bond donors (Lipinski definition) is 3. The number of likely N-dealkylation sites (N-methyl/N-ethyl adjacent to an activating group) is 1. The summed E-state index contributed by atoms with van der Waals surface area (Å²) >= 11 is 0. The second-order valence-electron chi connectivity index (χ2n) is 22.2. The molecule has 21 nitrogen and oxygen atoms in total. The van der Waals surface area contributed by atoms with Crippen LogP contribution in [0.15, 0.2) is 30.3 Å². The molecule has 21 heteroatoms. The highest BCUT2D eigenvalue weighted by atomic mass is 16.6.